The summed E-state index contributed by atoms with van der Waals surface area (Å²) >= 11 is 0. The lowest BCUT2D eigenvalue weighted by Crippen LogP contribution is -2.52. The first-order valence-electron chi connectivity index (χ1n) is 15.6. The second-order valence-electron chi connectivity index (χ2n) is 12.1. The smallest absolute Gasteiger partial charge is 0.308 e. The summed E-state index contributed by atoms with van der Waals surface area (Å²) in [6, 6.07) is 21.2. The highest BCUT2D eigenvalue weighted by atomic mass is 16.5. The van der Waals surface area contributed by atoms with E-state index in [4.69, 9.17) is 37.9 Å². The molecule has 4 aromatic carbocycles. The first-order chi connectivity index (χ1) is 23.2. The standard InChI is InChI=1S/C38H36O10/c1-20(39)47-23-8-10-25-31(14-23)45-18-28-27-16-34(43-5)35(44-6)17-29(27)38(22-7-12-30(41-3)33(13-22)42-4)19-46-32-15-24(48-21(2)40)9-11-26(32)37(38)36(25)28/h7-17,28,36-37H,18-19H2,1-6H3. The summed E-state index contributed by atoms with van der Waals surface area (Å²) in [5.74, 6) is 3.17. The van der Waals surface area contributed by atoms with Crippen LogP contribution in [0.3, 0.4) is 0 Å². The molecule has 4 aromatic rings. The third-order valence-electron chi connectivity index (χ3n) is 9.72. The number of fused-ring (bicyclic) bond motifs is 10. The van der Waals surface area contributed by atoms with Crippen molar-refractivity contribution in [3.05, 3.63) is 94.5 Å². The number of carbonyl (C=O) groups is 2. The third kappa shape index (κ3) is 4.85. The van der Waals surface area contributed by atoms with Gasteiger partial charge in [0.05, 0.1) is 40.5 Å². The zero-order valence-corrected chi connectivity index (χ0v) is 27.6. The molecule has 0 spiro atoms. The maximum atomic E-state index is 11.9. The summed E-state index contributed by atoms with van der Waals surface area (Å²) in [6.07, 6.45) is 0. The molecule has 2 heterocycles. The summed E-state index contributed by atoms with van der Waals surface area (Å²) in [4.78, 5) is 23.7. The second-order valence-corrected chi connectivity index (χ2v) is 12.1. The van der Waals surface area contributed by atoms with Crippen LogP contribution in [-0.2, 0) is 15.0 Å². The van der Waals surface area contributed by atoms with Crippen LogP contribution in [0.5, 0.6) is 46.0 Å². The van der Waals surface area contributed by atoms with Crippen LogP contribution in [-0.4, -0.2) is 53.6 Å². The van der Waals surface area contributed by atoms with E-state index >= 15 is 0 Å². The maximum absolute atomic E-state index is 11.9. The average molecular weight is 653 g/mol. The zero-order chi connectivity index (χ0) is 33.7. The van der Waals surface area contributed by atoms with Crippen molar-refractivity contribution in [2.75, 3.05) is 41.7 Å². The van der Waals surface area contributed by atoms with Gasteiger partial charge in [0.1, 0.15) is 29.6 Å². The maximum Gasteiger partial charge on any atom is 0.308 e. The van der Waals surface area contributed by atoms with Crippen molar-refractivity contribution in [3.63, 3.8) is 0 Å². The highest BCUT2D eigenvalue weighted by Gasteiger charge is 2.59. The topological polar surface area (TPSA) is 108 Å². The molecule has 4 unspecified atom stereocenters. The molecule has 248 valence electrons. The van der Waals surface area contributed by atoms with E-state index in [1.54, 1.807) is 52.7 Å². The van der Waals surface area contributed by atoms with Crippen molar-refractivity contribution in [2.45, 2.75) is 37.0 Å². The van der Waals surface area contributed by atoms with Crippen LogP contribution in [0, 0.1) is 0 Å². The predicted molar refractivity (Wildman–Crippen MR) is 175 cm³/mol. The Kier molecular flexibility index (Phi) is 7.81. The fraction of sp³-hybridized carbons (Fsp3) is 0.316. The van der Waals surface area contributed by atoms with E-state index in [0.717, 1.165) is 27.8 Å². The Morgan fingerprint density at radius 2 is 1.23 bits per heavy atom. The van der Waals surface area contributed by atoms with Crippen LogP contribution >= 0.6 is 0 Å². The minimum atomic E-state index is -0.783. The van der Waals surface area contributed by atoms with Gasteiger partial charge in [0.15, 0.2) is 23.0 Å². The minimum Gasteiger partial charge on any atom is -0.493 e. The van der Waals surface area contributed by atoms with Crippen LogP contribution in [0.4, 0.5) is 0 Å². The molecule has 7 rings (SSSR count). The summed E-state index contributed by atoms with van der Waals surface area (Å²) in [5, 5.41) is 0. The molecule has 0 amide bonds. The molecule has 0 N–H and O–H groups in total. The van der Waals surface area contributed by atoms with Crippen molar-refractivity contribution in [2.24, 2.45) is 0 Å². The molecule has 3 aliphatic rings. The number of hydrogen-bond donors (Lipinski definition) is 0. The van der Waals surface area contributed by atoms with E-state index in [1.807, 2.05) is 30.3 Å². The average Bonchev–Trinajstić information content (AvgIpc) is 3.09. The molecule has 10 nitrogen and oxygen atoms in total. The SMILES string of the molecule is COc1ccc(C23COc4cc(OC(C)=O)ccc4C2C2c4ccc(OC(C)=O)cc4OCC2c2cc(OC)c(OC)cc23)cc1OC. The van der Waals surface area contributed by atoms with Gasteiger partial charge in [-0.15, -0.1) is 0 Å². The molecule has 0 saturated carbocycles. The van der Waals surface area contributed by atoms with E-state index in [0.29, 0.717) is 52.6 Å². The Balaban J connectivity index is 1.56. The Hall–Kier alpha value is -5.38. The number of carbonyl (C=O) groups excluding carboxylic acids is 2. The molecule has 0 aromatic heterocycles. The number of benzene rings is 4. The first kappa shape index (κ1) is 31.2. The molecule has 2 aliphatic heterocycles. The number of rotatable bonds is 7. The number of esters is 2. The molecular weight excluding hydrogens is 616 g/mol. The van der Waals surface area contributed by atoms with Gasteiger partial charge in [-0.25, -0.2) is 0 Å². The highest BCUT2D eigenvalue weighted by molar-refractivity contribution is 5.71. The van der Waals surface area contributed by atoms with Crippen LogP contribution in [0.15, 0.2) is 66.7 Å². The molecule has 10 heteroatoms. The largest absolute Gasteiger partial charge is 0.493 e. The van der Waals surface area contributed by atoms with Gasteiger partial charge in [-0.2, -0.15) is 0 Å². The van der Waals surface area contributed by atoms with Gasteiger partial charge < -0.3 is 37.9 Å². The van der Waals surface area contributed by atoms with Crippen LogP contribution in [0.1, 0.15) is 59.4 Å². The molecule has 0 saturated heterocycles. The van der Waals surface area contributed by atoms with Crippen LogP contribution < -0.4 is 37.9 Å². The van der Waals surface area contributed by atoms with Gasteiger partial charge in [0, 0.05) is 43.7 Å². The Labute approximate surface area is 278 Å². The van der Waals surface area contributed by atoms with Crippen molar-refractivity contribution in [1.29, 1.82) is 0 Å². The first-order valence-corrected chi connectivity index (χ1v) is 15.6. The molecule has 0 radical (unpaired) electrons. The summed E-state index contributed by atoms with van der Waals surface area (Å²) in [6.45, 7) is 3.35. The van der Waals surface area contributed by atoms with Gasteiger partial charge in [0.2, 0.25) is 0 Å². The lowest BCUT2D eigenvalue weighted by molar-refractivity contribution is -0.132. The van der Waals surface area contributed by atoms with Gasteiger partial charge in [0.25, 0.3) is 0 Å². The van der Waals surface area contributed by atoms with E-state index < -0.39 is 17.4 Å². The number of methoxy groups -OCH3 is 4. The van der Waals surface area contributed by atoms with Crippen LogP contribution in [0.25, 0.3) is 0 Å². The van der Waals surface area contributed by atoms with Crippen molar-refractivity contribution in [1.82, 2.24) is 0 Å². The zero-order valence-electron chi connectivity index (χ0n) is 27.6. The van der Waals surface area contributed by atoms with Crippen molar-refractivity contribution >= 4 is 11.9 Å². The van der Waals surface area contributed by atoms with Crippen molar-refractivity contribution < 1.29 is 47.5 Å². The molecular formula is C38H36O10. The quantitative estimate of drug-likeness (QED) is 0.167. The van der Waals surface area contributed by atoms with Crippen molar-refractivity contribution in [3.8, 4) is 46.0 Å². The summed E-state index contributed by atoms with van der Waals surface area (Å²) in [7, 11) is 6.48. The van der Waals surface area contributed by atoms with E-state index in [1.165, 1.54) is 13.8 Å². The fourth-order valence-corrected chi connectivity index (χ4v) is 7.88. The van der Waals surface area contributed by atoms with Crippen LogP contribution in [0.2, 0.25) is 0 Å². The van der Waals surface area contributed by atoms with Gasteiger partial charge in [-0.1, -0.05) is 18.2 Å². The second kappa shape index (κ2) is 12.0. The fourth-order valence-electron chi connectivity index (χ4n) is 7.88. The molecule has 48 heavy (non-hydrogen) atoms. The molecule has 4 atom stereocenters. The summed E-state index contributed by atoms with van der Waals surface area (Å²) in [5.41, 5.74) is 4.14. The van der Waals surface area contributed by atoms with Gasteiger partial charge >= 0.3 is 11.9 Å². The molecule has 1 aliphatic carbocycles. The lowest BCUT2D eigenvalue weighted by Gasteiger charge is -2.56. The normalized spacial score (nSPS) is 21.3. The summed E-state index contributed by atoms with van der Waals surface area (Å²) < 4.78 is 47.2. The predicted octanol–water partition coefficient (Wildman–Crippen LogP) is 6.31. The Morgan fingerprint density at radius 3 is 1.85 bits per heavy atom. The Morgan fingerprint density at radius 1 is 0.646 bits per heavy atom. The van der Waals surface area contributed by atoms with Gasteiger partial charge in [-0.3, -0.25) is 9.59 Å². The highest BCUT2D eigenvalue weighted by Crippen LogP contribution is 2.67. The lowest BCUT2D eigenvalue weighted by atomic mass is 9.50. The molecule has 0 fully saturated rings. The Bertz CT molecular complexity index is 1930. The molecule has 0 bridgehead atoms. The van der Waals surface area contributed by atoms with E-state index in [9.17, 15) is 9.59 Å². The number of hydrogen-bond acceptors (Lipinski definition) is 10. The number of ether oxygens (including phenoxy) is 8. The van der Waals surface area contributed by atoms with Gasteiger partial charge in [-0.05, 0) is 64.2 Å². The minimum absolute atomic E-state index is 0.107. The van der Waals surface area contributed by atoms with E-state index in [-0.39, 0.29) is 24.4 Å². The monoisotopic (exact) mass is 652 g/mol. The third-order valence-corrected chi connectivity index (χ3v) is 9.72. The van der Waals surface area contributed by atoms with E-state index in [2.05, 4.69) is 12.1 Å².